The van der Waals surface area contributed by atoms with Crippen LogP contribution in [-0.2, 0) is 0 Å². The third-order valence-electron chi connectivity index (χ3n) is 8.63. The fraction of sp³-hybridized carbons (Fsp3) is 0. The van der Waals surface area contributed by atoms with E-state index >= 15 is 0 Å². The van der Waals surface area contributed by atoms with Gasteiger partial charge in [-0.3, -0.25) is 0 Å². The summed E-state index contributed by atoms with van der Waals surface area (Å²) < 4.78 is 6.17. The Balaban J connectivity index is 1.19. The zero-order valence-corrected chi connectivity index (χ0v) is 22.3. The molecule has 0 radical (unpaired) electrons. The van der Waals surface area contributed by atoms with Crippen LogP contribution in [0.25, 0.3) is 87.3 Å². The molecule has 1 aromatic heterocycles. The topological polar surface area (TPSA) is 13.1 Å². The molecule has 0 bridgehead atoms. The summed E-state index contributed by atoms with van der Waals surface area (Å²) in [6.07, 6.45) is 0. The monoisotopic (exact) mass is 520 g/mol. The van der Waals surface area contributed by atoms with Crippen molar-refractivity contribution in [3.8, 4) is 22.3 Å². The highest BCUT2D eigenvalue weighted by Gasteiger charge is 2.11. The van der Waals surface area contributed by atoms with Gasteiger partial charge in [-0.2, -0.15) is 0 Å². The average Bonchev–Trinajstić information content (AvgIpc) is 3.42. The van der Waals surface area contributed by atoms with Crippen LogP contribution in [-0.4, -0.2) is 0 Å². The van der Waals surface area contributed by atoms with E-state index in [-0.39, 0.29) is 0 Å². The van der Waals surface area contributed by atoms with Crippen molar-refractivity contribution in [1.82, 2.24) is 0 Å². The molecule has 0 aliphatic heterocycles. The zero-order chi connectivity index (χ0) is 26.9. The first-order chi connectivity index (χ1) is 20.3. The van der Waals surface area contributed by atoms with Gasteiger partial charge in [0, 0.05) is 10.8 Å². The quantitative estimate of drug-likeness (QED) is 0.207. The van der Waals surface area contributed by atoms with Crippen LogP contribution in [0, 0.1) is 0 Å². The standard InChI is InChI=1S/C40H24O/c1-2-9-33-31(7-1)32-8-3-4-10-34(32)38-23-28(17-19-35(33)38)26-15-13-25-14-16-27(22-30(25)21-26)29-18-20-37-36-11-5-6-12-39(36)41-40(37)24-29/h1-24H. The fourth-order valence-electron chi connectivity index (χ4n) is 6.60. The lowest BCUT2D eigenvalue weighted by Gasteiger charge is -2.12. The number of furan rings is 1. The van der Waals surface area contributed by atoms with Crippen molar-refractivity contribution in [2.24, 2.45) is 0 Å². The smallest absolute Gasteiger partial charge is 0.136 e. The van der Waals surface area contributed by atoms with E-state index in [0.717, 1.165) is 27.5 Å². The SMILES string of the molecule is c1ccc2c(c1)oc1cc(-c3ccc4ccc(-c5ccc6c7ccccc7c7ccccc7c6c5)cc4c3)ccc12. The van der Waals surface area contributed by atoms with Gasteiger partial charge in [-0.15, -0.1) is 0 Å². The predicted octanol–water partition coefficient (Wildman–Crippen LogP) is 11.5. The highest BCUT2D eigenvalue weighted by Crippen LogP contribution is 2.38. The molecular formula is C40H24O. The number of rotatable bonds is 2. The van der Waals surface area contributed by atoms with Gasteiger partial charge in [0.25, 0.3) is 0 Å². The maximum absolute atomic E-state index is 6.17. The molecule has 0 fully saturated rings. The van der Waals surface area contributed by atoms with Gasteiger partial charge >= 0.3 is 0 Å². The van der Waals surface area contributed by atoms with Crippen LogP contribution in [0.5, 0.6) is 0 Å². The van der Waals surface area contributed by atoms with E-state index in [1.807, 2.05) is 12.1 Å². The summed E-state index contributed by atoms with van der Waals surface area (Å²) in [4.78, 5) is 0. The van der Waals surface area contributed by atoms with Crippen LogP contribution in [0.3, 0.4) is 0 Å². The molecule has 9 rings (SSSR count). The summed E-state index contributed by atoms with van der Waals surface area (Å²) in [6.45, 7) is 0. The molecule has 41 heavy (non-hydrogen) atoms. The van der Waals surface area contributed by atoms with Crippen molar-refractivity contribution in [3.05, 3.63) is 146 Å². The Bertz CT molecular complexity index is 2440. The Labute approximate surface area is 236 Å². The van der Waals surface area contributed by atoms with Crippen molar-refractivity contribution in [2.45, 2.75) is 0 Å². The van der Waals surface area contributed by atoms with E-state index in [9.17, 15) is 0 Å². The largest absolute Gasteiger partial charge is 0.456 e. The first-order valence-electron chi connectivity index (χ1n) is 14.1. The first kappa shape index (κ1) is 22.4. The predicted molar refractivity (Wildman–Crippen MR) is 175 cm³/mol. The van der Waals surface area contributed by atoms with Gasteiger partial charge < -0.3 is 4.42 Å². The van der Waals surface area contributed by atoms with Gasteiger partial charge in [-0.1, -0.05) is 109 Å². The van der Waals surface area contributed by atoms with E-state index in [1.54, 1.807) is 0 Å². The molecule has 1 heterocycles. The summed E-state index contributed by atoms with van der Waals surface area (Å²) in [5.41, 5.74) is 6.66. The minimum absolute atomic E-state index is 0.925. The van der Waals surface area contributed by atoms with Crippen LogP contribution < -0.4 is 0 Å². The van der Waals surface area contributed by atoms with Crippen molar-refractivity contribution in [3.63, 3.8) is 0 Å². The summed E-state index contributed by atoms with van der Waals surface area (Å²) >= 11 is 0. The van der Waals surface area contributed by atoms with Crippen molar-refractivity contribution in [2.75, 3.05) is 0 Å². The Kier molecular flexibility index (Phi) is 4.67. The number of benzene rings is 8. The molecule has 8 aromatic carbocycles. The molecule has 9 aromatic rings. The molecule has 0 atom stereocenters. The molecule has 1 heteroatoms. The van der Waals surface area contributed by atoms with E-state index < -0.39 is 0 Å². The van der Waals surface area contributed by atoms with Crippen molar-refractivity contribution in [1.29, 1.82) is 0 Å². The van der Waals surface area contributed by atoms with Crippen LogP contribution in [0.15, 0.2) is 150 Å². The van der Waals surface area contributed by atoms with E-state index in [0.29, 0.717) is 0 Å². The van der Waals surface area contributed by atoms with Crippen molar-refractivity contribution < 1.29 is 4.42 Å². The van der Waals surface area contributed by atoms with Crippen LogP contribution in [0.1, 0.15) is 0 Å². The molecule has 0 spiro atoms. The molecule has 0 unspecified atom stereocenters. The number of hydrogen-bond donors (Lipinski definition) is 0. The molecular weight excluding hydrogens is 496 g/mol. The highest BCUT2D eigenvalue weighted by molar-refractivity contribution is 6.25. The second-order valence-corrected chi connectivity index (χ2v) is 10.9. The zero-order valence-electron chi connectivity index (χ0n) is 22.3. The van der Waals surface area contributed by atoms with E-state index in [4.69, 9.17) is 4.42 Å². The minimum Gasteiger partial charge on any atom is -0.456 e. The molecule has 0 amide bonds. The van der Waals surface area contributed by atoms with Gasteiger partial charge in [0.2, 0.25) is 0 Å². The summed E-state index contributed by atoms with van der Waals surface area (Å²) in [5.74, 6) is 0. The summed E-state index contributed by atoms with van der Waals surface area (Å²) in [5, 5.41) is 12.6. The minimum atomic E-state index is 0.925. The van der Waals surface area contributed by atoms with E-state index in [1.165, 1.54) is 59.8 Å². The maximum Gasteiger partial charge on any atom is 0.136 e. The molecule has 0 aliphatic rings. The molecule has 0 N–H and O–H groups in total. The first-order valence-corrected chi connectivity index (χ1v) is 14.1. The lowest BCUT2D eigenvalue weighted by Crippen LogP contribution is -1.85. The second kappa shape index (κ2) is 8.55. The third kappa shape index (κ3) is 3.43. The number of hydrogen-bond acceptors (Lipinski definition) is 1. The number of fused-ring (bicyclic) bond motifs is 10. The number of para-hydroxylation sites is 1. The average molecular weight is 521 g/mol. The summed E-state index contributed by atoms with van der Waals surface area (Å²) in [7, 11) is 0. The molecule has 0 saturated carbocycles. The van der Waals surface area contributed by atoms with E-state index in [2.05, 4.69) is 133 Å². The maximum atomic E-state index is 6.17. The van der Waals surface area contributed by atoms with Gasteiger partial charge in [0.1, 0.15) is 11.2 Å². The van der Waals surface area contributed by atoms with Gasteiger partial charge in [0.05, 0.1) is 0 Å². The van der Waals surface area contributed by atoms with Gasteiger partial charge in [0.15, 0.2) is 0 Å². The molecule has 1 nitrogen and oxygen atoms in total. The molecule has 0 saturated heterocycles. The Morgan fingerprint density at radius 1 is 0.268 bits per heavy atom. The van der Waals surface area contributed by atoms with Crippen molar-refractivity contribution >= 4 is 65.0 Å². The Morgan fingerprint density at radius 3 is 1.37 bits per heavy atom. The van der Waals surface area contributed by atoms with Gasteiger partial charge in [-0.25, -0.2) is 0 Å². The molecule has 0 aliphatic carbocycles. The van der Waals surface area contributed by atoms with Crippen LogP contribution in [0.2, 0.25) is 0 Å². The fourth-order valence-corrected chi connectivity index (χ4v) is 6.60. The lowest BCUT2D eigenvalue weighted by atomic mass is 9.91. The third-order valence-corrected chi connectivity index (χ3v) is 8.63. The summed E-state index contributed by atoms with van der Waals surface area (Å²) in [6, 6.07) is 52.7. The highest BCUT2D eigenvalue weighted by atomic mass is 16.3. The Morgan fingerprint density at radius 2 is 0.707 bits per heavy atom. The lowest BCUT2D eigenvalue weighted by molar-refractivity contribution is 0.669. The normalized spacial score (nSPS) is 11.9. The Hall–Kier alpha value is -5.40. The van der Waals surface area contributed by atoms with Crippen LogP contribution in [0.4, 0.5) is 0 Å². The second-order valence-electron chi connectivity index (χ2n) is 10.9. The van der Waals surface area contributed by atoms with Gasteiger partial charge in [-0.05, 0) is 102 Å². The van der Waals surface area contributed by atoms with Crippen LogP contribution >= 0.6 is 0 Å². The molecule has 190 valence electrons.